The van der Waals surface area contributed by atoms with Gasteiger partial charge in [-0.1, -0.05) is 0 Å². The third-order valence-electron chi connectivity index (χ3n) is 1.07. The Morgan fingerprint density at radius 3 is 2.73 bits per heavy atom. The van der Waals surface area contributed by atoms with Gasteiger partial charge in [0, 0.05) is 13.7 Å². The van der Waals surface area contributed by atoms with Crippen LogP contribution in [-0.2, 0) is 13.8 Å². The van der Waals surface area contributed by atoms with Crippen LogP contribution in [0.15, 0.2) is 0 Å². The molecule has 0 fully saturated rings. The third-order valence-corrected chi connectivity index (χ3v) is 2.13. The van der Waals surface area contributed by atoms with E-state index in [0.717, 1.165) is 6.54 Å². The smallest absolute Gasteiger partial charge is 0.382 e. The van der Waals surface area contributed by atoms with E-state index >= 15 is 0 Å². The molecular formula is C6H15NO3P+. The zero-order chi connectivity index (χ0) is 8.53. The second-order valence-corrected chi connectivity index (χ2v) is 3.36. The lowest BCUT2D eigenvalue weighted by Gasteiger charge is -1.91. The molecule has 0 rings (SSSR count). The van der Waals surface area contributed by atoms with E-state index in [1.165, 1.54) is 0 Å². The number of hydrogen-bond acceptors (Lipinski definition) is 4. The Hall–Kier alpha value is -0.0200. The summed E-state index contributed by atoms with van der Waals surface area (Å²) in [4.78, 5) is 0. The van der Waals surface area contributed by atoms with E-state index < -0.39 is 8.03 Å². The maximum atomic E-state index is 10.9. The Bertz CT molecular complexity index is 110. The Labute approximate surface area is 68.1 Å². The van der Waals surface area contributed by atoms with Crippen molar-refractivity contribution in [1.82, 2.24) is 5.32 Å². The molecule has 0 saturated carbocycles. The maximum absolute atomic E-state index is 10.9. The van der Waals surface area contributed by atoms with Crippen molar-refractivity contribution < 1.29 is 13.8 Å². The van der Waals surface area contributed by atoms with Crippen molar-refractivity contribution >= 4 is 8.03 Å². The summed E-state index contributed by atoms with van der Waals surface area (Å²) >= 11 is 0. The van der Waals surface area contributed by atoms with Crippen LogP contribution in [0.25, 0.3) is 0 Å². The van der Waals surface area contributed by atoms with Gasteiger partial charge in [0.05, 0.1) is 6.61 Å². The van der Waals surface area contributed by atoms with E-state index in [1.807, 2.05) is 7.05 Å². The van der Waals surface area contributed by atoms with Gasteiger partial charge in [0.25, 0.3) is 0 Å². The molecule has 1 atom stereocenters. The molecule has 0 aliphatic carbocycles. The lowest BCUT2D eigenvalue weighted by atomic mass is 10.8. The fourth-order valence-electron chi connectivity index (χ4n) is 0.490. The topological polar surface area (TPSA) is 47.6 Å². The quantitative estimate of drug-likeness (QED) is 0.460. The molecule has 0 aliphatic rings. The van der Waals surface area contributed by atoms with Crippen molar-refractivity contribution in [3.8, 4) is 0 Å². The van der Waals surface area contributed by atoms with Gasteiger partial charge in [0.15, 0.2) is 6.16 Å². The standard InChI is InChI=1S/C6H15NO3P/c1-7-3-6-11(8)10-5-4-9-2/h7H,3-6H2,1-2H3/q+1. The normalized spacial score (nSPS) is 11.6. The van der Waals surface area contributed by atoms with Gasteiger partial charge in [-0.2, -0.15) is 0 Å². The number of rotatable bonds is 7. The van der Waals surface area contributed by atoms with Crippen molar-refractivity contribution in [2.24, 2.45) is 0 Å². The molecule has 0 bridgehead atoms. The second kappa shape index (κ2) is 8.08. The monoisotopic (exact) mass is 180 g/mol. The average molecular weight is 180 g/mol. The summed E-state index contributed by atoms with van der Waals surface area (Å²) in [5, 5.41) is 2.89. The Balaban J connectivity index is 3.09. The molecule has 0 aromatic heterocycles. The molecular weight excluding hydrogens is 165 g/mol. The minimum absolute atomic E-state index is 0.412. The first-order valence-corrected chi connectivity index (χ1v) is 4.88. The van der Waals surface area contributed by atoms with Gasteiger partial charge in [0.1, 0.15) is 6.61 Å². The summed E-state index contributed by atoms with van der Waals surface area (Å²) < 4.78 is 20.6. The highest BCUT2D eigenvalue weighted by Gasteiger charge is 2.14. The molecule has 66 valence electrons. The van der Waals surface area contributed by atoms with Gasteiger partial charge >= 0.3 is 8.03 Å². The van der Waals surface area contributed by atoms with Crippen molar-refractivity contribution in [2.45, 2.75) is 0 Å². The van der Waals surface area contributed by atoms with Crippen LogP contribution < -0.4 is 5.32 Å². The predicted octanol–water partition coefficient (Wildman–Crippen LogP) is 0.611. The first-order chi connectivity index (χ1) is 5.31. The molecule has 0 amide bonds. The van der Waals surface area contributed by atoms with E-state index in [2.05, 4.69) is 5.32 Å². The van der Waals surface area contributed by atoms with Gasteiger partial charge in [-0.05, 0) is 11.6 Å². The second-order valence-electron chi connectivity index (χ2n) is 1.99. The highest BCUT2D eigenvalue weighted by atomic mass is 31.1. The minimum Gasteiger partial charge on any atom is -0.382 e. The number of hydrogen-bond donors (Lipinski definition) is 1. The van der Waals surface area contributed by atoms with Crippen LogP contribution in [0.3, 0.4) is 0 Å². The Morgan fingerprint density at radius 2 is 2.18 bits per heavy atom. The first-order valence-electron chi connectivity index (χ1n) is 3.52. The van der Waals surface area contributed by atoms with Gasteiger partial charge in [-0.15, -0.1) is 4.52 Å². The van der Waals surface area contributed by atoms with E-state index in [-0.39, 0.29) is 0 Å². The molecule has 1 N–H and O–H groups in total. The average Bonchev–Trinajstić information content (AvgIpc) is 2.01. The number of ether oxygens (including phenoxy) is 1. The van der Waals surface area contributed by atoms with Crippen molar-refractivity contribution in [2.75, 3.05) is 40.1 Å². The Morgan fingerprint density at radius 1 is 1.45 bits per heavy atom. The third kappa shape index (κ3) is 7.88. The lowest BCUT2D eigenvalue weighted by molar-refractivity contribution is 0.150. The lowest BCUT2D eigenvalue weighted by Crippen LogP contribution is -2.10. The van der Waals surface area contributed by atoms with Crippen LogP contribution >= 0.6 is 8.03 Å². The number of methoxy groups -OCH3 is 1. The zero-order valence-corrected chi connectivity index (χ0v) is 7.89. The fourth-order valence-corrected chi connectivity index (χ4v) is 1.30. The summed E-state index contributed by atoms with van der Waals surface area (Å²) in [5.41, 5.74) is 0. The zero-order valence-electron chi connectivity index (χ0n) is 7.00. The molecule has 4 nitrogen and oxygen atoms in total. The molecule has 0 spiro atoms. The summed E-state index contributed by atoms with van der Waals surface area (Å²) in [6.45, 7) is 1.64. The van der Waals surface area contributed by atoms with Crippen molar-refractivity contribution in [3.63, 3.8) is 0 Å². The highest BCUT2D eigenvalue weighted by Crippen LogP contribution is 2.19. The molecule has 0 heterocycles. The molecule has 0 radical (unpaired) electrons. The van der Waals surface area contributed by atoms with Crippen LogP contribution in [0.5, 0.6) is 0 Å². The van der Waals surface area contributed by atoms with Crippen LogP contribution in [0.4, 0.5) is 0 Å². The summed E-state index contributed by atoms with van der Waals surface area (Å²) in [6, 6.07) is 0. The van der Waals surface area contributed by atoms with Gasteiger partial charge in [0.2, 0.25) is 0 Å². The first kappa shape index (κ1) is 11.0. The van der Waals surface area contributed by atoms with Gasteiger partial charge in [-0.3, -0.25) is 0 Å². The van der Waals surface area contributed by atoms with Crippen molar-refractivity contribution in [3.05, 3.63) is 0 Å². The van der Waals surface area contributed by atoms with Gasteiger partial charge < -0.3 is 10.1 Å². The molecule has 11 heavy (non-hydrogen) atoms. The van der Waals surface area contributed by atoms with E-state index in [0.29, 0.717) is 19.4 Å². The van der Waals surface area contributed by atoms with Crippen LogP contribution in [0.1, 0.15) is 0 Å². The molecule has 1 unspecified atom stereocenters. The summed E-state index contributed by atoms with van der Waals surface area (Å²) in [6.07, 6.45) is 0.565. The molecule has 0 saturated heterocycles. The van der Waals surface area contributed by atoms with Gasteiger partial charge in [-0.25, -0.2) is 0 Å². The van der Waals surface area contributed by atoms with Crippen LogP contribution in [0, 0.1) is 0 Å². The SMILES string of the molecule is CNCC[P+](=O)OCCOC. The van der Waals surface area contributed by atoms with E-state index in [9.17, 15) is 4.57 Å². The molecule has 0 aromatic rings. The molecule has 5 heteroatoms. The highest BCUT2D eigenvalue weighted by molar-refractivity contribution is 7.39. The van der Waals surface area contributed by atoms with Crippen LogP contribution in [-0.4, -0.2) is 40.1 Å². The predicted molar refractivity (Wildman–Crippen MR) is 44.2 cm³/mol. The van der Waals surface area contributed by atoms with Crippen LogP contribution in [0.2, 0.25) is 0 Å². The molecule has 0 aromatic carbocycles. The molecule has 0 aliphatic heterocycles. The van der Waals surface area contributed by atoms with Crippen molar-refractivity contribution in [1.29, 1.82) is 0 Å². The summed E-state index contributed by atoms with van der Waals surface area (Å²) in [5.74, 6) is 0. The fraction of sp³-hybridized carbons (Fsp3) is 1.00. The summed E-state index contributed by atoms with van der Waals surface area (Å²) in [7, 11) is 1.91. The van der Waals surface area contributed by atoms with E-state index in [4.69, 9.17) is 9.26 Å². The number of nitrogens with one attached hydrogen (secondary N) is 1. The minimum atomic E-state index is -1.49. The largest absolute Gasteiger partial charge is 0.509 e. The Kier molecular flexibility index (Phi) is 8.07. The maximum Gasteiger partial charge on any atom is 0.509 e. The van der Waals surface area contributed by atoms with E-state index in [1.54, 1.807) is 7.11 Å².